The molecule has 2 aromatic rings. The third kappa shape index (κ3) is 2.64. The molecule has 1 aromatic carbocycles. The Morgan fingerprint density at radius 1 is 1.32 bits per heavy atom. The Balaban J connectivity index is 1.70. The molecular formula is C16H14N4O3S2. The number of carboxylic acids is 1. The fraction of sp³-hybridized carbons (Fsp3) is 0.188. The molecule has 1 amide bonds. The van der Waals surface area contributed by atoms with E-state index in [0.717, 1.165) is 10.7 Å². The predicted octanol–water partition coefficient (Wildman–Crippen LogP) is 1.50. The van der Waals surface area contributed by atoms with Crippen LogP contribution >= 0.6 is 23.5 Å². The molecule has 3 N–H and O–H groups in total. The summed E-state index contributed by atoms with van der Waals surface area (Å²) in [4.78, 5) is 25.7. The second kappa shape index (κ2) is 6.25. The standard InChI is InChI=1S/C16H14N4O3S2/c17-12-14(21)19-13(16(22)23)10(8-24-15(12)19)25-11-6-7-18-20(11)9-4-2-1-3-5-9/h1-7,12,15H,8,17H2,(H,22,23)/t12-,15+/m1/s1. The molecular weight excluding hydrogens is 360 g/mol. The van der Waals surface area contributed by atoms with Crippen LogP contribution in [-0.2, 0) is 9.59 Å². The van der Waals surface area contributed by atoms with Gasteiger partial charge in [-0.2, -0.15) is 5.10 Å². The second-order valence-corrected chi connectivity index (χ2v) is 7.75. The maximum atomic E-state index is 12.0. The van der Waals surface area contributed by atoms with Crippen molar-refractivity contribution in [1.29, 1.82) is 0 Å². The normalized spacial score (nSPS) is 22.6. The molecule has 2 aliphatic rings. The van der Waals surface area contributed by atoms with Crippen molar-refractivity contribution in [3.8, 4) is 5.69 Å². The van der Waals surface area contributed by atoms with Crippen LogP contribution in [0.15, 0.2) is 58.2 Å². The molecule has 9 heteroatoms. The summed E-state index contributed by atoms with van der Waals surface area (Å²) in [6.45, 7) is 0. The van der Waals surface area contributed by atoms with Gasteiger partial charge in [-0.3, -0.25) is 9.69 Å². The molecule has 0 bridgehead atoms. The smallest absolute Gasteiger partial charge is 0.353 e. The van der Waals surface area contributed by atoms with Crippen molar-refractivity contribution >= 4 is 35.4 Å². The summed E-state index contributed by atoms with van der Waals surface area (Å²) >= 11 is 2.80. The number of carbonyl (C=O) groups excluding carboxylic acids is 1. The van der Waals surface area contributed by atoms with Crippen LogP contribution in [0.5, 0.6) is 0 Å². The summed E-state index contributed by atoms with van der Waals surface area (Å²) in [5.41, 5.74) is 6.69. The van der Waals surface area contributed by atoms with Crippen LogP contribution in [0.25, 0.3) is 5.69 Å². The second-order valence-electron chi connectivity index (χ2n) is 5.53. The number of thioether (sulfide) groups is 2. The van der Waals surface area contributed by atoms with Crippen LogP contribution in [0.1, 0.15) is 0 Å². The van der Waals surface area contributed by atoms with Gasteiger partial charge in [-0.1, -0.05) is 30.0 Å². The van der Waals surface area contributed by atoms with Gasteiger partial charge in [0.25, 0.3) is 0 Å². The largest absolute Gasteiger partial charge is 0.477 e. The minimum Gasteiger partial charge on any atom is -0.477 e. The molecule has 7 nitrogen and oxygen atoms in total. The first-order valence-corrected chi connectivity index (χ1v) is 9.38. The number of para-hydroxylation sites is 1. The van der Waals surface area contributed by atoms with Gasteiger partial charge in [0.1, 0.15) is 22.1 Å². The first kappa shape index (κ1) is 16.2. The zero-order chi connectivity index (χ0) is 17.6. The predicted molar refractivity (Wildman–Crippen MR) is 95.2 cm³/mol. The van der Waals surface area contributed by atoms with Crippen molar-refractivity contribution in [3.05, 3.63) is 53.2 Å². The Morgan fingerprint density at radius 3 is 2.80 bits per heavy atom. The molecule has 0 unspecified atom stereocenters. The number of carbonyl (C=O) groups is 2. The zero-order valence-corrected chi connectivity index (χ0v) is 14.5. The lowest BCUT2D eigenvalue weighted by Crippen LogP contribution is -2.68. The fourth-order valence-corrected chi connectivity index (χ4v) is 5.31. The van der Waals surface area contributed by atoms with Gasteiger partial charge in [0, 0.05) is 10.7 Å². The van der Waals surface area contributed by atoms with E-state index in [0.29, 0.717) is 10.7 Å². The maximum Gasteiger partial charge on any atom is 0.353 e. The van der Waals surface area contributed by atoms with Crippen LogP contribution in [0.3, 0.4) is 0 Å². The number of hydrogen-bond acceptors (Lipinski definition) is 6. The molecule has 128 valence electrons. The highest BCUT2D eigenvalue weighted by atomic mass is 32.2. The first-order valence-electron chi connectivity index (χ1n) is 7.52. The summed E-state index contributed by atoms with van der Waals surface area (Å²) in [5, 5.41) is 14.4. The molecule has 25 heavy (non-hydrogen) atoms. The van der Waals surface area contributed by atoms with Gasteiger partial charge in [0.2, 0.25) is 5.91 Å². The Kier molecular flexibility index (Phi) is 4.06. The Morgan fingerprint density at radius 2 is 2.08 bits per heavy atom. The fourth-order valence-electron chi connectivity index (χ4n) is 2.82. The average molecular weight is 374 g/mol. The van der Waals surface area contributed by atoms with Crippen LogP contribution in [-0.4, -0.2) is 48.8 Å². The quantitative estimate of drug-likeness (QED) is 0.782. The number of aliphatic carboxylic acids is 1. The Bertz CT molecular complexity index is 881. The van der Waals surface area contributed by atoms with E-state index in [1.165, 1.54) is 28.4 Å². The van der Waals surface area contributed by atoms with Crippen molar-refractivity contribution in [2.75, 3.05) is 5.75 Å². The lowest BCUT2D eigenvalue weighted by atomic mass is 10.1. The first-order chi connectivity index (χ1) is 12.1. The van der Waals surface area contributed by atoms with E-state index < -0.39 is 12.0 Å². The Hall–Kier alpha value is -2.23. The van der Waals surface area contributed by atoms with Crippen LogP contribution in [0, 0.1) is 0 Å². The molecule has 0 aliphatic carbocycles. The highest BCUT2D eigenvalue weighted by molar-refractivity contribution is 8.06. The highest BCUT2D eigenvalue weighted by Gasteiger charge is 2.52. The van der Waals surface area contributed by atoms with E-state index in [9.17, 15) is 14.7 Å². The Labute approximate surface area is 151 Å². The summed E-state index contributed by atoms with van der Waals surface area (Å²) in [6.07, 6.45) is 1.67. The van der Waals surface area contributed by atoms with Gasteiger partial charge in [0.15, 0.2) is 0 Å². The number of carboxylic acid groups (broad SMARTS) is 1. The zero-order valence-electron chi connectivity index (χ0n) is 12.9. The summed E-state index contributed by atoms with van der Waals surface area (Å²) in [5.74, 6) is -0.961. The summed E-state index contributed by atoms with van der Waals surface area (Å²) in [6, 6.07) is 10.8. The van der Waals surface area contributed by atoms with Gasteiger partial charge in [0.05, 0.1) is 11.9 Å². The van der Waals surface area contributed by atoms with Crippen molar-refractivity contribution in [3.63, 3.8) is 0 Å². The molecule has 0 spiro atoms. The van der Waals surface area contributed by atoms with Gasteiger partial charge in [-0.25, -0.2) is 9.48 Å². The van der Waals surface area contributed by atoms with Crippen molar-refractivity contribution in [1.82, 2.24) is 14.7 Å². The topological polar surface area (TPSA) is 101 Å². The number of β-lactam (4-membered cyclic amide) rings is 1. The SMILES string of the molecule is N[C@@H]1C(=O)N2C(C(=O)O)=C(Sc3ccnn3-c3ccccc3)CS[C@@H]12. The van der Waals surface area contributed by atoms with Gasteiger partial charge < -0.3 is 10.8 Å². The molecule has 0 radical (unpaired) electrons. The van der Waals surface area contributed by atoms with E-state index in [-0.39, 0.29) is 17.0 Å². The van der Waals surface area contributed by atoms with Crippen LogP contribution in [0.2, 0.25) is 0 Å². The minimum absolute atomic E-state index is 0.0289. The molecule has 1 aromatic heterocycles. The summed E-state index contributed by atoms with van der Waals surface area (Å²) < 4.78 is 1.75. The third-order valence-electron chi connectivity index (χ3n) is 4.01. The van der Waals surface area contributed by atoms with Crippen molar-refractivity contribution in [2.45, 2.75) is 16.4 Å². The van der Waals surface area contributed by atoms with Crippen molar-refractivity contribution in [2.24, 2.45) is 5.73 Å². The van der Waals surface area contributed by atoms with Crippen molar-refractivity contribution < 1.29 is 14.7 Å². The molecule has 1 fully saturated rings. The highest BCUT2D eigenvalue weighted by Crippen LogP contribution is 2.44. The lowest BCUT2D eigenvalue weighted by molar-refractivity contribution is -0.147. The molecule has 3 heterocycles. The number of rotatable bonds is 4. The average Bonchev–Trinajstić information content (AvgIpc) is 3.09. The number of amides is 1. The number of aromatic nitrogens is 2. The van der Waals surface area contributed by atoms with E-state index in [2.05, 4.69) is 5.10 Å². The molecule has 0 saturated carbocycles. The molecule has 1 saturated heterocycles. The van der Waals surface area contributed by atoms with E-state index in [4.69, 9.17) is 5.73 Å². The number of fused-ring (bicyclic) bond motifs is 1. The van der Waals surface area contributed by atoms with E-state index in [1.54, 1.807) is 10.9 Å². The number of hydrogen-bond donors (Lipinski definition) is 2. The molecule has 4 rings (SSSR count). The summed E-state index contributed by atoms with van der Waals surface area (Å²) in [7, 11) is 0. The lowest BCUT2D eigenvalue weighted by Gasteiger charge is -2.47. The number of benzene rings is 1. The van der Waals surface area contributed by atoms with E-state index in [1.807, 2.05) is 36.4 Å². The molecule has 2 aliphatic heterocycles. The van der Waals surface area contributed by atoms with Gasteiger partial charge >= 0.3 is 5.97 Å². The van der Waals surface area contributed by atoms with Crippen LogP contribution < -0.4 is 5.73 Å². The van der Waals surface area contributed by atoms with E-state index >= 15 is 0 Å². The van der Waals surface area contributed by atoms with Gasteiger partial charge in [-0.05, 0) is 18.2 Å². The van der Waals surface area contributed by atoms with Crippen LogP contribution in [0.4, 0.5) is 0 Å². The minimum atomic E-state index is -1.11. The maximum absolute atomic E-state index is 12.0. The third-order valence-corrected chi connectivity index (χ3v) is 6.60. The monoisotopic (exact) mass is 374 g/mol. The number of nitrogens with zero attached hydrogens (tertiary/aromatic N) is 3. The number of nitrogens with two attached hydrogens (primary N) is 1. The van der Waals surface area contributed by atoms with Gasteiger partial charge in [-0.15, -0.1) is 11.8 Å². The molecule has 2 atom stereocenters.